The summed E-state index contributed by atoms with van der Waals surface area (Å²) in [5.74, 6) is 1.07. The zero-order valence-corrected chi connectivity index (χ0v) is 15.5. The third kappa shape index (κ3) is 5.96. The molecule has 0 spiro atoms. The molecular weight excluding hydrogens is 350 g/mol. The summed E-state index contributed by atoms with van der Waals surface area (Å²) in [6.45, 7) is 0.445. The van der Waals surface area contributed by atoms with Gasteiger partial charge in [0.15, 0.2) is 0 Å². The molecule has 0 aliphatic carbocycles. The van der Waals surface area contributed by atoms with Crippen LogP contribution in [0, 0.1) is 10.1 Å². The Morgan fingerprint density at radius 3 is 2.22 bits per heavy atom. The summed E-state index contributed by atoms with van der Waals surface area (Å²) in [4.78, 5) is 23.1. The van der Waals surface area contributed by atoms with Crippen LogP contribution >= 0.6 is 0 Å². The lowest BCUT2D eigenvalue weighted by molar-refractivity contribution is -0.384. The molecule has 0 fully saturated rings. The van der Waals surface area contributed by atoms with E-state index in [1.54, 1.807) is 38.4 Å². The molecule has 1 atom stereocenters. The van der Waals surface area contributed by atoms with Crippen molar-refractivity contribution in [3.05, 3.63) is 64.2 Å². The molecule has 1 N–H and O–H groups in total. The van der Waals surface area contributed by atoms with Crippen LogP contribution in [0.4, 0.5) is 10.5 Å². The number of amides is 1. The van der Waals surface area contributed by atoms with Crippen LogP contribution in [-0.4, -0.2) is 43.7 Å². The van der Waals surface area contributed by atoms with E-state index in [0.717, 1.165) is 5.56 Å². The molecule has 2 aromatic rings. The minimum absolute atomic E-state index is 0.0329. The Hall–Kier alpha value is -3.13. The van der Waals surface area contributed by atoms with Crippen molar-refractivity contribution in [2.24, 2.45) is 0 Å². The topological polar surface area (TPSA) is 93.9 Å². The molecule has 2 aromatic carbocycles. The van der Waals surface area contributed by atoms with Crippen LogP contribution < -0.4 is 14.8 Å². The summed E-state index contributed by atoms with van der Waals surface area (Å²) in [6, 6.07) is 13.3. The summed E-state index contributed by atoms with van der Waals surface area (Å²) in [7, 11) is 5.11. The highest BCUT2D eigenvalue weighted by atomic mass is 16.6. The molecule has 0 aliphatic heterocycles. The van der Waals surface area contributed by atoms with Crippen molar-refractivity contribution in [3.8, 4) is 11.5 Å². The smallest absolute Gasteiger partial charge is 0.414 e. The monoisotopic (exact) mass is 373 g/mol. The van der Waals surface area contributed by atoms with E-state index < -0.39 is 11.0 Å². The fraction of sp³-hybridized carbons (Fsp3) is 0.316. The molecule has 2 rings (SSSR count). The number of carbonyl (C=O) groups is 1. The highest BCUT2D eigenvalue weighted by molar-refractivity contribution is 5.69. The summed E-state index contributed by atoms with van der Waals surface area (Å²) in [6.07, 6.45) is 0.272. The van der Waals surface area contributed by atoms with Gasteiger partial charge >= 0.3 is 6.09 Å². The Morgan fingerprint density at radius 2 is 1.70 bits per heavy atom. The van der Waals surface area contributed by atoms with E-state index in [1.165, 1.54) is 17.0 Å². The van der Waals surface area contributed by atoms with Gasteiger partial charge in [-0.05, 0) is 36.9 Å². The number of hydrogen-bond donors (Lipinski definition) is 1. The SMILES string of the molecule is CN[C@H](CCOc1ccc([N+](=O)[O-])cc1)c1ccc(OC(=O)N(C)C)cc1. The molecule has 0 radical (unpaired) electrons. The van der Waals surface area contributed by atoms with E-state index in [1.807, 2.05) is 19.2 Å². The first kappa shape index (κ1) is 20.2. The first-order chi connectivity index (χ1) is 12.9. The van der Waals surface area contributed by atoms with Crippen LogP contribution in [-0.2, 0) is 0 Å². The fourth-order valence-electron chi connectivity index (χ4n) is 2.40. The zero-order chi connectivity index (χ0) is 19.8. The van der Waals surface area contributed by atoms with E-state index >= 15 is 0 Å². The average Bonchev–Trinajstić information content (AvgIpc) is 2.66. The van der Waals surface area contributed by atoms with E-state index in [2.05, 4.69) is 5.32 Å². The predicted molar refractivity (Wildman–Crippen MR) is 101 cm³/mol. The maximum Gasteiger partial charge on any atom is 0.414 e. The second-order valence-electron chi connectivity index (χ2n) is 6.06. The second kappa shape index (κ2) is 9.54. The van der Waals surface area contributed by atoms with Crippen LogP contribution in [0.1, 0.15) is 18.0 Å². The van der Waals surface area contributed by atoms with Gasteiger partial charge in [0.25, 0.3) is 5.69 Å². The minimum Gasteiger partial charge on any atom is -0.494 e. The van der Waals surface area contributed by atoms with Gasteiger partial charge in [-0.25, -0.2) is 4.79 Å². The Balaban J connectivity index is 1.89. The summed E-state index contributed by atoms with van der Waals surface area (Å²) >= 11 is 0. The molecule has 0 saturated heterocycles. The minimum atomic E-state index is -0.444. The Morgan fingerprint density at radius 1 is 1.11 bits per heavy atom. The van der Waals surface area contributed by atoms with Crippen LogP contribution in [0.25, 0.3) is 0 Å². The van der Waals surface area contributed by atoms with E-state index in [-0.39, 0.29) is 11.7 Å². The highest BCUT2D eigenvalue weighted by Crippen LogP contribution is 2.22. The van der Waals surface area contributed by atoms with Crippen molar-refractivity contribution < 1.29 is 19.2 Å². The Labute approximate surface area is 157 Å². The van der Waals surface area contributed by atoms with Gasteiger partial charge in [0, 0.05) is 38.7 Å². The first-order valence-corrected chi connectivity index (χ1v) is 8.44. The number of nitro benzene ring substituents is 1. The van der Waals surface area contributed by atoms with Crippen molar-refractivity contribution in [3.63, 3.8) is 0 Å². The van der Waals surface area contributed by atoms with Crippen molar-refractivity contribution in [2.75, 3.05) is 27.7 Å². The van der Waals surface area contributed by atoms with Crippen LogP contribution in [0.15, 0.2) is 48.5 Å². The number of carbonyl (C=O) groups excluding carboxylic acids is 1. The predicted octanol–water partition coefficient (Wildman–Crippen LogP) is 3.38. The molecule has 0 saturated carbocycles. The van der Waals surface area contributed by atoms with Gasteiger partial charge in [-0.15, -0.1) is 0 Å². The Kier molecular flexibility index (Phi) is 7.13. The summed E-state index contributed by atoms with van der Waals surface area (Å²) in [5, 5.41) is 13.9. The van der Waals surface area contributed by atoms with Crippen molar-refractivity contribution in [1.82, 2.24) is 10.2 Å². The highest BCUT2D eigenvalue weighted by Gasteiger charge is 2.12. The number of nitro groups is 1. The summed E-state index contributed by atoms with van der Waals surface area (Å²) < 4.78 is 10.9. The quantitative estimate of drug-likeness (QED) is 0.563. The molecule has 8 nitrogen and oxygen atoms in total. The molecule has 0 heterocycles. The van der Waals surface area contributed by atoms with Gasteiger partial charge in [-0.2, -0.15) is 0 Å². The van der Waals surface area contributed by atoms with Crippen molar-refractivity contribution in [1.29, 1.82) is 0 Å². The van der Waals surface area contributed by atoms with Crippen molar-refractivity contribution in [2.45, 2.75) is 12.5 Å². The van der Waals surface area contributed by atoms with Gasteiger partial charge in [0.05, 0.1) is 11.5 Å². The molecular formula is C19H23N3O5. The lowest BCUT2D eigenvalue weighted by Crippen LogP contribution is -2.25. The number of hydrogen-bond acceptors (Lipinski definition) is 6. The maximum absolute atomic E-state index is 11.6. The van der Waals surface area contributed by atoms with Gasteiger partial charge in [0.2, 0.25) is 0 Å². The molecule has 0 unspecified atom stereocenters. The second-order valence-corrected chi connectivity index (χ2v) is 6.06. The molecule has 8 heteroatoms. The van der Waals surface area contributed by atoms with Crippen LogP contribution in [0.5, 0.6) is 11.5 Å². The summed E-state index contributed by atoms with van der Waals surface area (Å²) in [5.41, 5.74) is 1.07. The zero-order valence-electron chi connectivity index (χ0n) is 15.5. The molecule has 0 aromatic heterocycles. The number of non-ortho nitro benzene ring substituents is 1. The molecule has 0 bridgehead atoms. The third-order valence-corrected chi connectivity index (χ3v) is 3.92. The number of nitrogens with zero attached hydrogens (tertiary/aromatic N) is 2. The first-order valence-electron chi connectivity index (χ1n) is 8.44. The fourth-order valence-corrected chi connectivity index (χ4v) is 2.40. The third-order valence-electron chi connectivity index (χ3n) is 3.92. The standard InChI is InChI=1S/C19H23N3O5/c1-20-18(12-13-26-16-10-6-15(7-11-16)22(24)25)14-4-8-17(9-5-14)27-19(23)21(2)3/h4-11,18,20H,12-13H2,1-3H3/t18-/m1/s1. The molecule has 0 aliphatic rings. The van der Waals surface area contributed by atoms with Gasteiger partial charge in [-0.3, -0.25) is 10.1 Å². The lowest BCUT2D eigenvalue weighted by atomic mass is 10.0. The largest absolute Gasteiger partial charge is 0.494 e. The molecule has 144 valence electrons. The normalized spacial score (nSPS) is 11.5. The van der Waals surface area contributed by atoms with Gasteiger partial charge < -0.3 is 19.7 Å². The van der Waals surface area contributed by atoms with E-state index in [9.17, 15) is 14.9 Å². The number of rotatable bonds is 8. The van der Waals surface area contributed by atoms with Crippen LogP contribution in [0.2, 0.25) is 0 Å². The number of ether oxygens (including phenoxy) is 2. The molecule has 1 amide bonds. The van der Waals surface area contributed by atoms with Crippen LogP contribution in [0.3, 0.4) is 0 Å². The molecule has 27 heavy (non-hydrogen) atoms. The van der Waals surface area contributed by atoms with Crippen molar-refractivity contribution >= 4 is 11.8 Å². The number of benzene rings is 2. The Bertz CT molecular complexity index is 760. The van der Waals surface area contributed by atoms with Gasteiger partial charge in [-0.1, -0.05) is 12.1 Å². The van der Waals surface area contributed by atoms with Gasteiger partial charge in [0.1, 0.15) is 11.5 Å². The maximum atomic E-state index is 11.6. The van der Waals surface area contributed by atoms with E-state index in [0.29, 0.717) is 24.5 Å². The lowest BCUT2D eigenvalue weighted by Gasteiger charge is -2.18. The average molecular weight is 373 g/mol. The number of nitrogens with one attached hydrogen (secondary N) is 1. The van der Waals surface area contributed by atoms with E-state index in [4.69, 9.17) is 9.47 Å².